The van der Waals surface area contributed by atoms with Crippen LogP contribution in [0.5, 0.6) is 11.5 Å². The number of carbonyl (C=O) groups is 2. The molecule has 0 bridgehead atoms. The maximum absolute atomic E-state index is 13.2. The van der Waals surface area contributed by atoms with Crippen molar-refractivity contribution in [2.45, 2.75) is 19.0 Å². The van der Waals surface area contributed by atoms with Crippen molar-refractivity contribution in [2.24, 2.45) is 0 Å². The zero-order valence-electron chi connectivity index (χ0n) is 23.3. The van der Waals surface area contributed by atoms with E-state index in [-0.39, 0.29) is 18.6 Å². The Morgan fingerprint density at radius 2 is 0.932 bits per heavy atom. The van der Waals surface area contributed by atoms with E-state index in [1.807, 2.05) is 91.0 Å². The van der Waals surface area contributed by atoms with Gasteiger partial charge >= 0.3 is 18.1 Å². The highest BCUT2D eigenvalue weighted by molar-refractivity contribution is 6.10. The highest BCUT2D eigenvalue weighted by Crippen LogP contribution is 2.45. The lowest BCUT2D eigenvalue weighted by atomic mass is 9.92. The van der Waals surface area contributed by atoms with E-state index in [4.69, 9.17) is 9.47 Å². The van der Waals surface area contributed by atoms with Crippen LogP contribution >= 0.6 is 0 Å². The van der Waals surface area contributed by atoms with Crippen LogP contribution in [-0.4, -0.2) is 11.9 Å². The van der Waals surface area contributed by atoms with Gasteiger partial charge in [0.05, 0.1) is 18.4 Å². The van der Waals surface area contributed by atoms with E-state index in [0.717, 1.165) is 39.2 Å². The van der Waals surface area contributed by atoms with E-state index in [2.05, 4.69) is 0 Å². The largest absolute Gasteiger partial charge is 0.426 e. The maximum Gasteiger partial charge on any atom is 0.416 e. The molecule has 0 aliphatic rings. The first-order chi connectivity index (χ1) is 21.3. The van der Waals surface area contributed by atoms with Gasteiger partial charge in [0.2, 0.25) is 0 Å². The molecule has 7 heteroatoms. The molecule has 6 aromatic rings. The molecule has 218 valence electrons. The van der Waals surface area contributed by atoms with Crippen molar-refractivity contribution < 1.29 is 32.2 Å². The van der Waals surface area contributed by atoms with Crippen molar-refractivity contribution in [3.8, 4) is 22.6 Å². The number of hydrogen-bond donors (Lipinski definition) is 0. The summed E-state index contributed by atoms with van der Waals surface area (Å²) in [6, 6.07) is 36.0. The third-order valence-corrected chi connectivity index (χ3v) is 7.30. The summed E-state index contributed by atoms with van der Waals surface area (Å²) in [6.45, 7) is 0. The summed E-state index contributed by atoms with van der Waals surface area (Å²) in [4.78, 5) is 26.3. The lowest BCUT2D eigenvalue weighted by molar-refractivity contribution is -0.137. The van der Waals surface area contributed by atoms with Crippen molar-refractivity contribution in [1.82, 2.24) is 0 Å². The number of hydrogen-bond acceptors (Lipinski definition) is 4. The van der Waals surface area contributed by atoms with Crippen LogP contribution in [0.25, 0.3) is 32.7 Å². The average Bonchev–Trinajstić information content (AvgIpc) is 3.01. The fourth-order valence-corrected chi connectivity index (χ4v) is 5.25. The second-order valence-corrected chi connectivity index (χ2v) is 10.3. The van der Waals surface area contributed by atoms with Crippen molar-refractivity contribution >= 4 is 33.5 Å². The Labute approximate surface area is 251 Å². The molecule has 0 aromatic heterocycles. The molecule has 0 aliphatic carbocycles. The smallest absolute Gasteiger partial charge is 0.416 e. The normalized spacial score (nSPS) is 11.4. The van der Waals surface area contributed by atoms with Crippen LogP contribution < -0.4 is 9.47 Å². The van der Waals surface area contributed by atoms with E-state index in [0.29, 0.717) is 22.4 Å². The highest BCUT2D eigenvalue weighted by Gasteiger charge is 2.30. The van der Waals surface area contributed by atoms with Gasteiger partial charge in [0.25, 0.3) is 0 Å². The van der Waals surface area contributed by atoms with Crippen molar-refractivity contribution in [3.05, 3.63) is 144 Å². The quantitative estimate of drug-likeness (QED) is 0.138. The molecule has 0 saturated carbocycles. The monoisotopic (exact) mass is 590 g/mol. The lowest BCUT2D eigenvalue weighted by Crippen LogP contribution is -2.13. The Kier molecular flexibility index (Phi) is 7.85. The Bertz CT molecular complexity index is 1980. The summed E-state index contributed by atoms with van der Waals surface area (Å²) in [5.74, 6) is -0.559. The van der Waals surface area contributed by atoms with E-state index in [9.17, 15) is 22.8 Å². The van der Waals surface area contributed by atoms with Gasteiger partial charge in [-0.05, 0) is 56.9 Å². The molecule has 4 nitrogen and oxygen atoms in total. The molecule has 0 aliphatic heterocycles. The summed E-state index contributed by atoms with van der Waals surface area (Å²) in [6.07, 6.45) is -4.64. The van der Waals surface area contributed by atoms with Gasteiger partial charge in [-0.3, -0.25) is 9.59 Å². The number of halogens is 3. The van der Waals surface area contributed by atoms with E-state index in [1.54, 1.807) is 12.1 Å². The van der Waals surface area contributed by atoms with Crippen molar-refractivity contribution in [1.29, 1.82) is 0 Å². The lowest BCUT2D eigenvalue weighted by Gasteiger charge is -2.19. The second kappa shape index (κ2) is 12.1. The number of rotatable bonds is 7. The van der Waals surface area contributed by atoms with Gasteiger partial charge in [0.15, 0.2) is 0 Å². The van der Waals surface area contributed by atoms with Crippen molar-refractivity contribution in [2.75, 3.05) is 0 Å². The first-order valence-electron chi connectivity index (χ1n) is 13.9. The van der Waals surface area contributed by atoms with Gasteiger partial charge in [-0.1, -0.05) is 103 Å². The minimum atomic E-state index is -4.47. The molecule has 0 atom stereocenters. The summed E-state index contributed by atoms with van der Waals surface area (Å²) >= 11 is 0. The predicted octanol–water partition coefficient (Wildman–Crippen LogP) is 8.97. The van der Waals surface area contributed by atoms with Crippen LogP contribution in [0, 0.1) is 0 Å². The van der Waals surface area contributed by atoms with Crippen LogP contribution in [0.2, 0.25) is 0 Å². The Morgan fingerprint density at radius 3 is 1.41 bits per heavy atom. The Hall–Kier alpha value is -5.43. The topological polar surface area (TPSA) is 52.6 Å². The molecule has 0 radical (unpaired) electrons. The van der Waals surface area contributed by atoms with Gasteiger partial charge in [-0.25, -0.2) is 0 Å². The number of alkyl halides is 3. The predicted molar refractivity (Wildman–Crippen MR) is 163 cm³/mol. The van der Waals surface area contributed by atoms with Crippen molar-refractivity contribution in [3.63, 3.8) is 0 Å². The molecule has 0 heterocycles. The molecule has 0 amide bonds. The molecule has 0 spiro atoms. The second-order valence-electron chi connectivity index (χ2n) is 10.3. The Balaban J connectivity index is 1.42. The molecule has 6 aromatic carbocycles. The molecular formula is C37H25F3O4. The molecule has 6 rings (SSSR count). The Morgan fingerprint density at radius 1 is 0.500 bits per heavy atom. The summed E-state index contributed by atoms with van der Waals surface area (Å²) in [5.41, 5.74) is 1.53. The number of ether oxygens (including phenoxy) is 2. The van der Waals surface area contributed by atoms with Gasteiger partial charge in [0, 0.05) is 11.1 Å². The van der Waals surface area contributed by atoms with Gasteiger partial charge < -0.3 is 9.47 Å². The van der Waals surface area contributed by atoms with Gasteiger partial charge in [-0.15, -0.1) is 0 Å². The van der Waals surface area contributed by atoms with Gasteiger partial charge in [-0.2, -0.15) is 13.2 Å². The van der Waals surface area contributed by atoms with Gasteiger partial charge in [0.1, 0.15) is 11.5 Å². The highest BCUT2D eigenvalue weighted by atomic mass is 19.4. The van der Waals surface area contributed by atoms with E-state index < -0.39 is 23.7 Å². The molecule has 44 heavy (non-hydrogen) atoms. The van der Waals surface area contributed by atoms with Crippen LogP contribution in [0.4, 0.5) is 13.2 Å². The molecule has 0 saturated heterocycles. The summed E-state index contributed by atoms with van der Waals surface area (Å²) < 4.78 is 50.9. The zero-order chi connectivity index (χ0) is 30.7. The zero-order valence-corrected chi connectivity index (χ0v) is 23.3. The third-order valence-electron chi connectivity index (χ3n) is 7.30. The van der Waals surface area contributed by atoms with Crippen LogP contribution in [0.3, 0.4) is 0 Å². The molecule has 0 unspecified atom stereocenters. The first kappa shape index (κ1) is 28.7. The summed E-state index contributed by atoms with van der Waals surface area (Å²) in [7, 11) is 0. The molecular weight excluding hydrogens is 565 g/mol. The van der Waals surface area contributed by atoms with E-state index >= 15 is 0 Å². The number of fused-ring (bicyclic) bond motifs is 2. The number of benzene rings is 6. The molecule has 0 N–H and O–H groups in total. The SMILES string of the molecule is O=C(Cc1ccccc1)Oc1ccc2ccccc2c1-c1c(OC(=O)Cc2ccc(C(F)(F)F)cc2)ccc2ccccc12. The minimum Gasteiger partial charge on any atom is -0.426 e. The average molecular weight is 591 g/mol. The van der Waals surface area contributed by atoms with E-state index in [1.165, 1.54) is 12.1 Å². The van der Waals surface area contributed by atoms with Crippen LogP contribution in [0.1, 0.15) is 16.7 Å². The fourth-order valence-electron chi connectivity index (χ4n) is 5.25. The van der Waals surface area contributed by atoms with Crippen LogP contribution in [0.15, 0.2) is 127 Å². The third kappa shape index (κ3) is 6.17. The maximum atomic E-state index is 13.2. The fraction of sp³-hybridized carbons (Fsp3) is 0.0811. The summed E-state index contributed by atoms with van der Waals surface area (Å²) in [5, 5.41) is 3.32. The minimum absolute atomic E-state index is 0.0671. The van der Waals surface area contributed by atoms with Crippen LogP contribution in [-0.2, 0) is 28.6 Å². The standard InChI is InChI=1S/C37H25F3O4/c38-37(39,40)28-18-14-25(15-19-28)23-34(42)44-32-21-17-27-11-5-7-13-30(27)36(32)35-29-12-6-4-10-26(29)16-20-31(35)43-33(41)22-24-8-2-1-3-9-24/h1-21H,22-23H2. The first-order valence-corrected chi connectivity index (χ1v) is 13.9. The molecule has 0 fully saturated rings. The number of esters is 2. The number of carbonyl (C=O) groups excluding carboxylic acids is 2.